The van der Waals surface area contributed by atoms with Crippen molar-refractivity contribution in [3.05, 3.63) is 12.3 Å². The molecule has 2 fully saturated rings. The molecule has 0 amide bonds. The summed E-state index contributed by atoms with van der Waals surface area (Å²) < 4.78 is 30.1. The van der Waals surface area contributed by atoms with E-state index in [0.29, 0.717) is 24.8 Å². The van der Waals surface area contributed by atoms with Gasteiger partial charge in [-0.15, -0.1) is 0 Å². The van der Waals surface area contributed by atoms with Crippen molar-refractivity contribution < 1.29 is 8.42 Å². The van der Waals surface area contributed by atoms with Crippen molar-refractivity contribution in [2.75, 3.05) is 24.4 Å². The average Bonchev–Trinajstić information content (AvgIpc) is 2.92. The number of fused-ring (bicyclic) bond motifs is 1. The van der Waals surface area contributed by atoms with Crippen molar-refractivity contribution in [2.24, 2.45) is 18.9 Å². The summed E-state index contributed by atoms with van der Waals surface area (Å²) in [6.45, 7) is 1.31. The fourth-order valence-electron chi connectivity index (χ4n) is 3.64. The number of piperidine rings is 1. The molecule has 3 rings (SSSR count). The van der Waals surface area contributed by atoms with E-state index in [1.807, 2.05) is 0 Å². The van der Waals surface area contributed by atoms with Crippen LogP contribution in [0, 0.1) is 11.8 Å². The van der Waals surface area contributed by atoms with Gasteiger partial charge in [0.1, 0.15) is 0 Å². The van der Waals surface area contributed by atoms with Gasteiger partial charge in [0.25, 0.3) is 0 Å². The first-order valence-corrected chi connectivity index (χ1v) is 9.12. The molecule has 7 heteroatoms. The highest BCUT2D eigenvalue weighted by Gasteiger charge is 2.37. The minimum Gasteiger partial charge on any atom is -0.274 e. The van der Waals surface area contributed by atoms with Gasteiger partial charge in [-0.05, 0) is 24.7 Å². The summed E-state index contributed by atoms with van der Waals surface area (Å²) in [5.41, 5.74) is 0. The molecule has 1 aromatic rings. The second kappa shape index (κ2) is 5.61. The Kier molecular flexibility index (Phi) is 3.96. The predicted molar refractivity (Wildman–Crippen MR) is 82.2 cm³/mol. The molecule has 21 heavy (non-hydrogen) atoms. The van der Waals surface area contributed by atoms with Crippen LogP contribution in [0.3, 0.4) is 0 Å². The first-order valence-electron chi connectivity index (χ1n) is 7.72. The lowest BCUT2D eigenvalue weighted by atomic mass is 9.76. The van der Waals surface area contributed by atoms with E-state index in [1.54, 1.807) is 35.3 Å². The van der Waals surface area contributed by atoms with E-state index in [-0.39, 0.29) is 0 Å². The lowest BCUT2D eigenvalue weighted by Gasteiger charge is -2.41. The number of hydrogen-bond donors (Lipinski definition) is 0. The zero-order chi connectivity index (χ0) is 15.0. The highest BCUT2D eigenvalue weighted by Crippen LogP contribution is 2.37. The van der Waals surface area contributed by atoms with Gasteiger partial charge in [-0.25, -0.2) is 4.31 Å². The summed E-state index contributed by atoms with van der Waals surface area (Å²) in [5, 5.41) is 4.19. The maximum atomic E-state index is 12.8. The maximum absolute atomic E-state index is 12.8. The summed E-state index contributed by atoms with van der Waals surface area (Å²) in [6, 6.07) is 1.73. The van der Waals surface area contributed by atoms with Crippen molar-refractivity contribution in [3.8, 4) is 0 Å². The number of aryl methyl sites for hydroxylation is 1. The molecule has 2 atom stereocenters. The fraction of sp³-hybridized carbons (Fsp3) is 0.786. The molecular weight excluding hydrogens is 288 g/mol. The van der Waals surface area contributed by atoms with Gasteiger partial charge in [0.05, 0.1) is 0 Å². The van der Waals surface area contributed by atoms with E-state index in [1.165, 1.54) is 30.0 Å². The molecule has 2 unspecified atom stereocenters. The standard InChI is InChI=1S/C14H24N4O2S/c1-16-9-8-14(15-16)17(2)21(19,20)18-10-7-12-5-3-4-6-13(12)11-18/h8-9,12-13H,3-7,10-11H2,1-2H3. The zero-order valence-electron chi connectivity index (χ0n) is 12.8. The second-order valence-corrected chi connectivity index (χ2v) is 8.23. The van der Waals surface area contributed by atoms with Gasteiger partial charge in [0.15, 0.2) is 5.82 Å². The average molecular weight is 312 g/mol. The SMILES string of the molecule is CN(c1ccn(C)n1)S(=O)(=O)N1CCC2CCCCC2C1. The van der Waals surface area contributed by atoms with Crippen molar-refractivity contribution in [3.63, 3.8) is 0 Å². The van der Waals surface area contributed by atoms with Crippen LogP contribution in [-0.4, -0.2) is 42.6 Å². The largest absolute Gasteiger partial charge is 0.305 e. The summed E-state index contributed by atoms with van der Waals surface area (Å²) in [4.78, 5) is 0. The molecule has 6 nitrogen and oxygen atoms in total. The lowest BCUT2D eigenvalue weighted by molar-refractivity contribution is 0.136. The third-order valence-corrected chi connectivity index (χ3v) is 6.81. The van der Waals surface area contributed by atoms with Crippen LogP contribution >= 0.6 is 0 Å². The first-order chi connectivity index (χ1) is 9.98. The predicted octanol–water partition coefficient (Wildman–Crippen LogP) is 1.61. The summed E-state index contributed by atoms with van der Waals surface area (Å²) in [6.07, 6.45) is 7.75. The van der Waals surface area contributed by atoms with Gasteiger partial charge in [-0.3, -0.25) is 4.68 Å². The third-order valence-electron chi connectivity index (χ3n) is 4.95. The van der Waals surface area contributed by atoms with E-state index in [4.69, 9.17) is 0 Å². The Morgan fingerprint density at radius 3 is 2.62 bits per heavy atom. The van der Waals surface area contributed by atoms with Crippen LogP contribution in [0.4, 0.5) is 5.82 Å². The Morgan fingerprint density at radius 1 is 1.24 bits per heavy atom. The Morgan fingerprint density at radius 2 is 1.95 bits per heavy atom. The second-order valence-electron chi connectivity index (χ2n) is 6.27. The third kappa shape index (κ3) is 2.81. The van der Waals surface area contributed by atoms with Crippen molar-refractivity contribution in [1.82, 2.24) is 14.1 Å². The molecule has 118 valence electrons. The highest BCUT2D eigenvalue weighted by molar-refractivity contribution is 7.90. The Balaban J connectivity index is 1.75. The van der Waals surface area contributed by atoms with Gasteiger partial charge >= 0.3 is 10.2 Å². The first kappa shape index (κ1) is 14.8. The molecule has 1 saturated heterocycles. The normalized spacial score (nSPS) is 27.3. The van der Waals surface area contributed by atoms with Gasteiger partial charge in [-0.1, -0.05) is 19.3 Å². The zero-order valence-corrected chi connectivity index (χ0v) is 13.6. The van der Waals surface area contributed by atoms with E-state index < -0.39 is 10.2 Å². The monoisotopic (exact) mass is 312 g/mol. The lowest BCUT2D eigenvalue weighted by Crippen LogP contribution is -2.49. The van der Waals surface area contributed by atoms with Crippen LogP contribution in [0.2, 0.25) is 0 Å². The number of anilines is 1. The van der Waals surface area contributed by atoms with Crippen LogP contribution in [0.1, 0.15) is 32.1 Å². The summed E-state index contributed by atoms with van der Waals surface area (Å²) in [5.74, 6) is 1.74. The topological polar surface area (TPSA) is 58.4 Å². The van der Waals surface area contributed by atoms with Crippen LogP contribution < -0.4 is 4.31 Å². The molecule has 1 aliphatic heterocycles. The van der Waals surface area contributed by atoms with Crippen LogP contribution in [0.25, 0.3) is 0 Å². The molecule has 1 saturated carbocycles. The van der Waals surface area contributed by atoms with Gasteiger partial charge in [-0.2, -0.15) is 17.8 Å². The molecule has 2 heterocycles. The number of rotatable bonds is 3. The van der Waals surface area contributed by atoms with Crippen LogP contribution in [-0.2, 0) is 17.3 Å². The molecule has 0 radical (unpaired) electrons. The molecule has 0 spiro atoms. The highest BCUT2D eigenvalue weighted by atomic mass is 32.2. The number of hydrogen-bond acceptors (Lipinski definition) is 3. The van der Waals surface area contributed by atoms with Crippen LogP contribution in [0.15, 0.2) is 12.3 Å². The Hall–Kier alpha value is -1.08. The molecule has 0 N–H and O–H groups in total. The minimum atomic E-state index is -3.46. The van der Waals surface area contributed by atoms with E-state index in [9.17, 15) is 8.42 Å². The van der Waals surface area contributed by atoms with Gasteiger partial charge in [0, 0.05) is 39.4 Å². The smallest absolute Gasteiger partial charge is 0.274 e. The molecule has 1 aliphatic carbocycles. The van der Waals surface area contributed by atoms with Gasteiger partial charge < -0.3 is 0 Å². The van der Waals surface area contributed by atoms with Crippen molar-refractivity contribution >= 4 is 16.0 Å². The van der Waals surface area contributed by atoms with Gasteiger partial charge in [0.2, 0.25) is 0 Å². The Bertz CT molecular complexity index is 598. The summed E-state index contributed by atoms with van der Waals surface area (Å²) >= 11 is 0. The quantitative estimate of drug-likeness (QED) is 0.852. The van der Waals surface area contributed by atoms with E-state index >= 15 is 0 Å². The fourth-order valence-corrected chi connectivity index (χ4v) is 5.04. The molecule has 0 aromatic carbocycles. The molecule has 2 aliphatic rings. The molecule has 1 aromatic heterocycles. The number of nitrogens with zero attached hydrogens (tertiary/aromatic N) is 4. The molecular formula is C14H24N4O2S. The minimum absolute atomic E-state index is 0.475. The Labute approximate surface area is 126 Å². The number of aromatic nitrogens is 2. The van der Waals surface area contributed by atoms with Crippen LogP contribution in [0.5, 0.6) is 0 Å². The van der Waals surface area contributed by atoms with E-state index in [2.05, 4.69) is 5.10 Å². The van der Waals surface area contributed by atoms with Crippen molar-refractivity contribution in [1.29, 1.82) is 0 Å². The van der Waals surface area contributed by atoms with Crippen molar-refractivity contribution in [2.45, 2.75) is 32.1 Å². The van der Waals surface area contributed by atoms with E-state index in [0.717, 1.165) is 12.3 Å². The summed E-state index contributed by atoms with van der Waals surface area (Å²) in [7, 11) is -0.0844. The maximum Gasteiger partial charge on any atom is 0.305 e. The molecule has 0 bridgehead atoms.